The Morgan fingerprint density at radius 2 is 1.57 bits per heavy atom. The van der Waals surface area contributed by atoms with Crippen LogP contribution in [-0.2, 0) is 23.8 Å². The molecule has 0 aromatic heterocycles. The van der Waals surface area contributed by atoms with Crippen LogP contribution in [0.3, 0.4) is 0 Å². The molecule has 2 aliphatic rings. The average Bonchev–Trinajstić information content (AvgIpc) is 2.69. The summed E-state index contributed by atoms with van der Waals surface area (Å²) in [7, 11) is 2.18. The number of hydrogen-bond donors (Lipinski definition) is 0. The highest BCUT2D eigenvalue weighted by Crippen LogP contribution is 2.61. The first-order chi connectivity index (χ1) is 13.9. The lowest BCUT2D eigenvalue weighted by molar-refractivity contribution is -0.146. The van der Waals surface area contributed by atoms with Crippen molar-refractivity contribution in [3.8, 4) is 0 Å². The molecule has 6 nitrogen and oxygen atoms in total. The lowest BCUT2D eigenvalue weighted by Crippen LogP contribution is -2.66. The van der Waals surface area contributed by atoms with Crippen LogP contribution in [0.15, 0.2) is 41.6 Å². The third-order valence-electron chi connectivity index (χ3n) is 4.59. The smallest absolute Gasteiger partial charge is 0.355 e. The molecule has 30 heavy (non-hydrogen) atoms. The monoisotopic (exact) mass is 533 g/mol. The number of carbonyl (C=O) groups is 2. The van der Waals surface area contributed by atoms with Crippen molar-refractivity contribution in [2.24, 2.45) is 0 Å². The van der Waals surface area contributed by atoms with Gasteiger partial charge in [0.15, 0.2) is 11.8 Å². The second kappa shape index (κ2) is 8.24. The number of nitrogens with zero attached hydrogens (tertiary/aromatic N) is 1. The summed E-state index contributed by atoms with van der Waals surface area (Å²) in [5.74, 6) is -2.07. The highest BCUT2D eigenvalue weighted by atomic mass is 35.6. The standard InChI is InChI=1S/C18H13Cl6NO5/c1-28-14(26)12-13(15(27)29-2)25-10-6-4-3-5-9(10)7-8-11(25)30-16(12,17(19,20)21)18(22,23)24/h3-8,11H,1-2H3. The Bertz CT molecular complexity index is 935. The first kappa shape index (κ1) is 23.8. The van der Waals surface area contributed by atoms with E-state index in [4.69, 9.17) is 83.8 Å². The van der Waals surface area contributed by atoms with Crippen LogP contribution in [0.25, 0.3) is 6.08 Å². The molecule has 1 unspecified atom stereocenters. The Morgan fingerprint density at radius 3 is 2.10 bits per heavy atom. The summed E-state index contributed by atoms with van der Waals surface area (Å²) in [6, 6.07) is 7.02. The Labute approximate surface area is 202 Å². The Balaban J connectivity index is 2.49. The third kappa shape index (κ3) is 3.56. The molecule has 0 saturated carbocycles. The van der Waals surface area contributed by atoms with Gasteiger partial charge in [0.2, 0.25) is 7.59 Å². The number of anilines is 1. The van der Waals surface area contributed by atoms with E-state index >= 15 is 0 Å². The molecule has 1 atom stereocenters. The zero-order valence-electron chi connectivity index (χ0n) is 15.3. The van der Waals surface area contributed by atoms with E-state index in [1.54, 1.807) is 36.4 Å². The summed E-state index contributed by atoms with van der Waals surface area (Å²) < 4.78 is 10.7. The number of hydrogen-bond acceptors (Lipinski definition) is 6. The molecule has 3 rings (SSSR count). The minimum absolute atomic E-state index is 0.352. The van der Waals surface area contributed by atoms with E-state index in [9.17, 15) is 9.59 Å². The molecule has 12 heteroatoms. The van der Waals surface area contributed by atoms with Crippen LogP contribution in [0.5, 0.6) is 0 Å². The second-order valence-corrected chi connectivity index (χ2v) is 10.7. The van der Waals surface area contributed by atoms with E-state index in [1.807, 2.05) is 0 Å². The molecule has 0 spiro atoms. The fourth-order valence-corrected chi connectivity index (χ4v) is 5.46. The number of alkyl halides is 6. The number of methoxy groups -OCH3 is 2. The first-order valence-electron chi connectivity index (χ1n) is 8.19. The van der Waals surface area contributed by atoms with Crippen LogP contribution in [0, 0.1) is 0 Å². The summed E-state index contributed by atoms with van der Waals surface area (Å²) in [6.07, 6.45) is 2.19. The van der Waals surface area contributed by atoms with Crippen molar-refractivity contribution in [3.63, 3.8) is 0 Å². The number of halogens is 6. The van der Waals surface area contributed by atoms with Crippen LogP contribution in [-0.4, -0.2) is 45.6 Å². The van der Waals surface area contributed by atoms with Crippen LogP contribution in [0.4, 0.5) is 5.69 Å². The highest BCUT2D eigenvalue weighted by Gasteiger charge is 2.71. The quantitative estimate of drug-likeness (QED) is 0.394. The molecule has 1 aromatic rings. The van der Waals surface area contributed by atoms with Gasteiger partial charge in [-0.1, -0.05) is 93.9 Å². The van der Waals surface area contributed by atoms with Crippen LogP contribution < -0.4 is 4.90 Å². The SMILES string of the molecule is COC(=O)C1=C(C(=O)OC)C(C(Cl)(Cl)Cl)(C(Cl)(Cl)Cl)OC2C=Cc3ccccc3N12. The van der Waals surface area contributed by atoms with Gasteiger partial charge in [-0.05, 0) is 17.7 Å². The van der Waals surface area contributed by atoms with Crippen molar-refractivity contribution in [2.45, 2.75) is 19.4 Å². The fourth-order valence-electron chi connectivity index (χ4n) is 3.34. The molecule has 1 aromatic carbocycles. The minimum atomic E-state index is -2.54. The predicted octanol–water partition coefficient (Wildman–Crippen LogP) is 4.96. The van der Waals surface area contributed by atoms with Crippen molar-refractivity contribution in [1.82, 2.24) is 0 Å². The topological polar surface area (TPSA) is 65.1 Å². The number of fused-ring (bicyclic) bond motifs is 3. The Kier molecular flexibility index (Phi) is 6.54. The number of benzene rings is 1. The largest absolute Gasteiger partial charge is 0.466 e. The van der Waals surface area contributed by atoms with E-state index < -0.39 is 36.9 Å². The van der Waals surface area contributed by atoms with Gasteiger partial charge >= 0.3 is 11.9 Å². The van der Waals surface area contributed by atoms with E-state index in [0.717, 1.165) is 19.8 Å². The van der Waals surface area contributed by atoms with Gasteiger partial charge in [0.25, 0.3) is 0 Å². The molecule has 0 radical (unpaired) electrons. The number of ether oxygens (including phenoxy) is 3. The summed E-state index contributed by atoms with van der Waals surface area (Å²) in [5, 5.41) is 0. The van der Waals surface area contributed by atoms with E-state index in [2.05, 4.69) is 0 Å². The number of carbonyl (C=O) groups excluding carboxylic acids is 2. The predicted molar refractivity (Wildman–Crippen MR) is 117 cm³/mol. The number of para-hydroxylation sites is 1. The lowest BCUT2D eigenvalue weighted by atomic mass is 9.89. The van der Waals surface area contributed by atoms with E-state index in [-0.39, 0.29) is 5.70 Å². The van der Waals surface area contributed by atoms with E-state index in [0.29, 0.717) is 5.69 Å². The molecule has 0 amide bonds. The van der Waals surface area contributed by atoms with Crippen molar-refractivity contribution in [1.29, 1.82) is 0 Å². The number of esters is 2. The molecule has 0 bridgehead atoms. The van der Waals surface area contributed by atoms with Gasteiger partial charge in [-0.15, -0.1) is 0 Å². The molecular weight excluding hydrogens is 523 g/mol. The third-order valence-corrected chi connectivity index (χ3v) is 6.18. The van der Waals surface area contributed by atoms with Crippen molar-refractivity contribution in [2.75, 3.05) is 19.1 Å². The van der Waals surface area contributed by atoms with Crippen molar-refractivity contribution < 1.29 is 23.8 Å². The van der Waals surface area contributed by atoms with E-state index in [1.165, 1.54) is 4.90 Å². The molecule has 0 N–H and O–H groups in total. The van der Waals surface area contributed by atoms with Gasteiger partial charge < -0.3 is 19.1 Å². The van der Waals surface area contributed by atoms with Crippen LogP contribution >= 0.6 is 69.6 Å². The van der Waals surface area contributed by atoms with Crippen molar-refractivity contribution in [3.05, 3.63) is 47.2 Å². The highest BCUT2D eigenvalue weighted by molar-refractivity contribution is 6.74. The van der Waals surface area contributed by atoms with Gasteiger partial charge in [-0.25, -0.2) is 9.59 Å². The van der Waals surface area contributed by atoms with Crippen LogP contribution in [0.2, 0.25) is 0 Å². The molecule has 162 valence electrons. The summed E-state index contributed by atoms with van der Waals surface area (Å²) in [4.78, 5) is 27.3. The molecule has 0 saturated heterocycles. The zero-order valence-corrected chi connectivity index (χ0v) is 19.8. The van der Waals surface area contributed by atoms with Crippen molar-refractivity contribution >= 4 is 93.3 Å². The minimum Gasteiger partial charge on any atom is -0.466 e. The molecule has 0 fully saturated rings. The van der Waals surface area contributed by atoms with Gasteiger partial charge in [0.1, 0.15) is 11.3 Å². The van der Waals surface area contributed by atoms with Gasteiger partial charge in [-0.2, -0.15) is 0 Å². The Hall–Kier alpha value is -0.860. The van der Waals surface area contributed by atoms with Gasteiger partial charge in [-0.3, -0.25) is 0 Å². The first-order valence-corrected chi connectivity index (χ1v) is 10.5. The second-order valence-electron chi connectivity index (χ2n) is 6.18. The zero-order chi connectivity index (χ0) is 22.5. The number of rotatable bonds is 2. The maximum absolute atomic E-state index is 12.9. The normalized spacial score (nSPS) is 20.4. The maximum Gasteiger partial charge on any atom is 0.355 e. The summed E-state index contributed by atoms with van der Waals surface area (Å²) in [5.41, 5.74) is -2.27. The van der Waals surface area contributed by atoms with Gasteiger partial charge in [0.05, 0.1) is 19.9 Å². The molecule has 0 aliphatic carbocycles. The summed E-state index contributed by atoms with van der Waals surface area (Å²) in [6.45, 7) is 0. The molecular formula is C18H13Cl6NO5. The molecule has 2 heterocycles. The maximum atomic E-state index is 12.9. The summed E-state index contributed by atoms with van der Waals surface area (Å²) >= 11 is 37.3. The average molecular weight is 536 g/mol. The lowest BCUT2D eigenvalue weighted by Gasteiger charge is -2.52. The Morgan fingerprint density at radius 1 is 1.00 bits per heavy atom. The molecule has 2 aliphatic heterocycles. The van der Waals surface area contributed by atoms with Gasteiger partial charge in [0, 0.05) is 0 Å². The van der Waals surface area contributed by atoms with Crippen LogP contribution in [0.1, 0.15) is 5.56 Å². The fraction of sp³-hybridized carbons (Fsp3) is 0.333.